The van der Waals surface area contributed by atoms with Crippen LogP contribution < -0.4 is 10.2 Å². The SMILES string of the molecule is O=C(O)c1ccc2c(c1)N(C(=O)NCC1CCSC1)CC2. The molecule has 3 rings (SSSR count). The lowest BCUT2D eigenvalue weighted by Crippen LogP contribution is -2.41. The second-order valence-electron chi connectivity index (χ2n) is 5.47. The Morgan fingerprint density at radius 1 is 1.43 bits per heavy atom. The van der Waals surface area contributed by atoms with Crippen molar-refractivity contribution in [2.45, 2.75) is 12.8 Å². The molecule has 21 heavy (non-hydrogen) atoms. The summed E-state index contributed by atoms with van der Waals surface area (Å²) in [6.07, 6.45) is 1.94. The molecule has 6 heteroatoms. The number of carbonyl (C=O) groups excluding carboxylic acids is 1. The zero-order valence-corrected chi connectivity index (χ0v) is 12.5. The summed E-state index contributed by atoms with van der Waals surface area (Å²) >= 11 is 1.93. The fraction of sp³-hybridized carbons (Fsp3) is 0.467. The summed E-state index contributed by atoms with van der Waals surface area (Å²) in [4.78, 5) is 25.0. The van der Waals surface area contributed by atoms with Crippen LogP contribution in [0.15, 0.2) is 18.2 Å². The lowest BCUT2D eigenvalue weighted by molar-refractivity contribution is 0.0697. The fourth-order valence-electron chi connectivity index (χ4n) is 2.79. The van der Waals surface area contributed by atoms with Gasteiger partial charge in [-0.1, -0.05) is 6.07 Å². The molecule has 2 aliphatic heterocycles. The molecule has 2 heterocycles. The molecule has 2 aliphatic rings. The second-order valence-corrected chi connectivity index (χ2v) is 6.62. The van der Waals surface area contributed by atoms with Crippen LogP contribution in [0.3, 0.4) is 0 Å². The Kier molecular flexibility index (Phi) is 4.05. The Balaban J connectivity index is 1.68. The number of fused-ring (bicyclic) bond motifs is 1. The maximum absolute atomic E-state index is 12.3. The van der Waals surface area contributed by atoms with E-state index in [1.54, 1.807) is 23.1 Å². The van der Waals surface area contributed by atoms with E-state index in [0.29, 0.717) is 19.0 Å². The molecule has 2 N–H and O–H groups in total. The van der Waals surface area contributed by atoms with Crippen LogP contribution in [-0.4, -0.2) is 41.7 Å². The first kappa shape index (κ1) is 14.3. The largest absolute Gasteiger partial charge is 0.478 e. The molecule has 0 aliphatic carbocycles. The Morgan fingerprint density at radius 2 is 2.29 bits per heavy atom. The number of hydrogen-bond acceptors (Lipinski definition) is 3. The van der Waals surface area contributed by atoms with Crippen LogP contribution in [0, 0.1) is 5.92 Å². The van der Waals surface area contributed by atoms with Crippen molar-refractivity contribution in [2.24, 2.45) is 5.92 Å². The van der Waals surface area contributed by atoms with Crippen LogP contribution in [0.5, 0.6) is 0 Å². The van der Waals surface area contributed by atoms with Crippen molar-refractivity contribution in [1.82, 2.24) is 5.32 Å². The molecule has 0 aromatic heterocycles. The smallest absolute Gasteiger partial charge is 0.335 e. The third-order valence-corrected chi connectivity index (χ3v) is 5.27. The number of hydrogen-bond donors (Lipinski definition) is 2. The third kappa shape index (κ3) is 3.00. The summed E-state index contributed by atoms with van der Waals surface area (Å²) in [5.41, 5.74) is 1.99. The summed E-state index contributed by atoms with van der Waals surface area (Å²) in [6, 6.07) is 4.88. The normalized spacial score (nSPS) is 20.4. The number of aromatic carboxylic acids is 1. The molecular formula is C15H18N2O3S. The summed E-state index contributed by atoms with van der Waals surface area (Å²) in [5, 5.41) is 12.0. The van der Waals surface area contributed by atoms with Gasteiger partial charge in [-0.15, -0.1) is 0 Å². The molecule has 1 aromatic carbocycles. The topological polar surface area (TPSA) is 69.6 Å². The van der Waals surface area contributed by atoms with Crippen molar-refractivity contribution < 1.29 is 14.7 Å². The van der Waals surface area contributed by atoms with Crippen molar-refractivity contribution >= 4 is 29.4 Å². The number of rotatable bonds is 3. The first-order chi connectivity index (χ1) is 10.1. The molecular weight excluding hydrogens is 288 g/mol. The van der Waals surface area contributed by atoms with Gasteiger partial charge in [0.15, 0.2) is 0 Å². The monoisotopic (exact) mass is 306 g/mol. The number of amides is 2. The highest BCUT2D eigenvalue weighted by molar-refractivity contribution is 7.99. The van der Waals surface area contributed by atoms with Gasteiger partial charge >= 0.3 is 12.0 Å². The molecule has 5 nitrogen and oxygen atoms in total. The Labute approximate surface area is 127 Å². The summed E-state index contributed by atoms with van der Waals surface area (Å²) in [6.45, 7) is 1.32. The Hall–Kier alpha value is -1.69. The van der Waals surface area contributed by atoms with Crippen molar-refractivity contribution in [3.8, 4) is 0 Å². The highest BCUT2D eigenvalue weighted by Crippen LogP contribution is 2.29. The zero-order valence-electron chi connectivity index (χ0n) is 11.7. The molecule has 0 saturated carbocycles. The predicted octanol–water partition coefficient (Wildman–Crippen LogP) is 2.21. The van der Waals surface area contributed by atoms with E-state index in [0.717, 1.165) is 29.8 Å². The molecule has 1 fully saturated rings. The van der Waals surface area contributed by atoms with Gasteiger partial charge in [-0.25, -0.2) is 9.59 Å². The summed E-state index contributed by atoms with van der Waals surface area (Å²) in [5.74, 6) is 1.88. The molecule has 1 unspecified atom stereocenters. The quantitative estimate of drug-likeness (QED) is 0.898. The van der Waals surface area contributed by atoms with Crippen LogP contribution in [-0.2, 0) is 6.42 Å². The van der Waals surface area contributed by atoms with Crippen molar-refractivity contribution in [3.63, 3.8) is 0 Å². The zero-order chi connectivity index (χ0) is 14.8. The number of anilines is 1. The lowest BCUT2D eigenvalue weighted by Gasteiger charge is -2.19. The maximum atomic E-state index is 12.3. The Bertz CT molecular complexity index is 570. The average molecular weight is 306 g/mol. The minimum Gasteiger partial charge on any atom is -0.478 e. The van der Waals surface area contributed by atoms with Gasteiger partial charge in [0.05, 0.1) is 5.56 Å². The minimum atomic E-state index is -0.965. The molecule has 1 saturated heterocycles. The third-order valence-electron chi connectivity index (χ3n) is 4.04. The molecule has 1 atom stereocenters. The van der Waals surface area contributed by atoms with Crippen molar-refractivity contribution in [3.05, 3.63) is 29.3 Å². The van der Waals surface area contributed by atoms with Gasteiger partial charge in [0, 0.05) is 18.8 Å². The van der Waals surface area contributed by atoms with Crippen molar-refractivity contribution in [2.75, 3.05) is 29.5 Å². The van der Waals surface area contributed by atoms with Gasteiger partial charge in [-0.2, -0.15) is 11.8 Å². The molecule has 2 amide bonds. The highest BCUT2D eigenvalue weighted by atomic mass is 32.2. The first-order valence-corrected chi connectivity index (χ1v) is 8.30. The number of nitrogens with zero attached hydrogens (tertiary/aromatic N) is 1. The van der Waals surface area contributed by atoms with Crippen LogP contribution in [0.1, 0.15) is 22.3 Å². The van der Waals surface area contributed by atoms with E-state index >= 15 is 0 Å². The number of carboxylic acids is 1. The molecule has 0 spiro atoms. The van der Waals surface area contributed by atoms with E-state index < -0.39 is 5.97 Å². The van der Waals surface area contributed by atoms with Gasteiger partial charge in [-0.05, 0) is 48.0 Å². The van der Waals surface area contributed by atoms with E-state index in [9.17, 15) is 9.59 Å². The molecule has 1 aromatic rings. The Morgan fingerprint density at radius 3 is 3.00 bits per heavy atom. The number of nitrogens with one attached hydrogen (secondary N) is 1. The van der Waals surface area contributed by atoms with Crippen LogP contribution in [0.4, 0.5) is 10.5 Å². The van der Waals surface area contributed by atoms with Gasteiger partial charge in [0.1, 0.15) is 0 Å². The van der Waals surface area contributed by atoms with E-state index in [4.69, 9.17) is 5.11 Å². The van der Waals surface area contributed by atoms with E-state index in [1.165, 1.54) is 5.75 Å². The van der Waals surface area contributed by atoms with Crippen LogP contribution in [0.25, 0.3) is 0 Å². The standard InChI is InChI=1S/C15H18N2O3S/c18-14(19)12-2-1-11-3-5-17(13(11)7-12)15(20)16-8-10-4-6-21-9-10/h1-2,7,10H,3-6,8-9H2,(H,16,20)(H,18,19). The number of thioether (sulfide) groups is 1. The predicted molar refractivity (Wildman–Crippen MR) is 83.3 cm³/mol. The van der Waals surface area contributed by atoms with Gasteiger partial charge in [-0.3, -0.25) is 4.90 Å². The van der Waals surface area contributed by atoms with Gasteiger partial charge in [0.25, 0.3) is 0 Å². The molecule has 0 bridgehead atoms. The fourth-order valence-corrected chi connectivity index (χ4v) is 4.08. The first-order valence-electron chi connectivity index (χ1n) is 7.14. The average Bonchev–Trinajstić information content (AvgIpc) is 3.13. The van der Waals surface area contributed by atoms with Gasteiger partial charge in [0.2, 0.25) is 0 Å². The van der Waals surface area contributed by atoms with E-state index in [1.807, 2.05) is 11.8 Å². The summed E-state index contributed by atoms with van der Waals surface area (Å²) < 4.78 is 0. The molecule has 0 radical (unpaired) electrons. The molecule has 112 valence electrons. The van der Waals surface area contributed by atoms with Crippen LogP contribution >= 0.6 is 11.8 Å². The van der Waals surface area contributed by atoms with E-state index in [-0.39, 0.29) is 11.6 Å². The number of carbonyl (C=O) groups is 2. The second kappa shape index (κ2) is 5.97. The minimum absolute atomic E-state index is 0.117. The number of benzene rings is 1. The van der Waals surface area contributed by atoms with Crippen LogP contribution in [0.2, 0.25) is 0 Å². The highest BCUT2D eigenvalue weighted by Gasteiger charge is 2.26. The summed E-state index contributed by atoms with van der Waals surface area (Å²) in [7, 11) is 0. The maximum Gasteiger partial charge on any atom is 0.335 e. The van der Waals surface area contributed by atoms with E-state index in [2.05, 4.69) is 5.32 Å². The number of urea groups is 1. The van der Waals surface area contributed by atoms with Gasteiger partial charge < -0.3 is 10.4 Å². The lowest BCUT2D eigenvalue weighted by atomic mass is 10.1. The number of carboxylic acid groups (broad SMARTS) is 1. The van der Waals surface area contributed by atoms with Crippen molar-refractivity contribution in [1.29, 1.82) is 0 Å².